The molecule has 7 nitrogen and oxygen atoms in total. The van der Waals surface area contributed by atoms with E-state index in [1.807, 2.05) is 0 Å². The number of rotatable bonds is 4. The number of nitrogens with one attached hydrogen (secondary N) is 1. The fraction of sp³-hybridized carbons (Fsp3) is 0.500. The van der Waals surface area contributed by atoms with Gasteiger partial charge in [0.1, 0.15) is 11.7 Å². The Morgan fingerprint density at radius 1 is 1.42 bits per heavy atom. The minimum atomic E-state index is -4.68. The molecule has 26 heavy (non-hydrogen) atoms. The van der Waals surface area contributed by atoms with E-state index in [4.69, 9.17) is 4.74 Å². The van der Waals surface area contributed by atoms with Gasteiger partial charge in [0.05, 0.1) is 19.7 Å². The van der Waals surface area contributed by atoms with Crippen molar-refractivity contribution >= 4 is 27.9 Å². The topological polar surface area (TPSA) is 80.8 Å². The van der Waals surface area contributed by atoms with E-state index in [1.54, 1.807) is 0 Å². The monoisotopic (exact) mass is 443 g/mol. The van der Waals surface area contributed by atoms with Gasteiger partial charge in [-0.1, -0.05) is 0 Å². The number of alkyl halides is 4. The lowest BCUT2D eigenvalue weighted by molar-refractivity contribution is -0.162. The van der Waals surface area contributed by atoms with Crippen molar-refractivity contribution in [2.75, 3.05) is 26.8 Å². The highest BCUT2D eigenvalue weighted by Crippen LogP contribution is 2.22. The fourth-order valence-electron chi connectivity index (χ4n) is 2.28. The second kappa shape index (κ2) is 8.06. The average Bonchev–Trinajstić information content (AvgIpc) is 2.92. The van der Waals surface area contributed by atoms with E-state index in [0.717, 1.165) is 4.90 Å². The number of hydrogen-bond acceptors (Lipinski definition) is 5. The molecule has 0 aliphatic carbocycles. The average molecular weight is 444 g/mol. The molecule has 0 saturated carbocycles. The largest absolute Gasteiger partial charge is 0.480 e. The molecule has 1 aliphatic heterocycles. The normalized spacial score (nSPS) is 20.0. The van der Waals surface area contributed by atoms with Crippen LogP contribution in [-0.4, -0.2) is 67.1 Å². The molecule has 1 N–H and O–H groups in total. The first-order valence-electron chi connectivity index (χ1n) is 7.23. The SMILES string of the molecule is COc1ncc(Br)cc1C(=O)N[C@@H]1CN(C(=O)OCC(F)(F)F)C[C@@H]1F. The number of hydrogen-bond donors (Lipinski definition) is 1. The Kier molecular flexibility index (Phi) is 6.26. The molecule has 0 unspecified atom stereocenters. The predicted octanol–water partition coefficient (Wildman–Crippen LogP) is 2.30. The third kappa shape index (κ3) is 5.19. The summed E-state index contributed by atoms with van der Waals surface area (Å²) in [6.45, 7) is -2.58. The van der Waals surface area contributed by atoms with Crippen molar-refractivity contribution in [2.24, 2.45) is 0 Å². The Bertz CT molecular complexity index is 689. The van der Waals surface area contributed by atoms with Gasteiger partial charge >= 0.3 is 12.3 Å². The Morgan fingerprint density at radius 2 is 2.12 bits per heavy atom. The third-order valence-corrected chi connectivity index (χ3v) is 3.87. The predicted molar refractivity (Wildman–Crippen MR) is 83.6 cm³/mol. The smallest absolute Gasteiger partial charge is 0.422 e. The van der Waals surface area contributed by atoms with Crippen LogP contribution < -0.4 is 10.1 Å². The lowest BCUT2D eigenvalue weighted by atomic mass is 10.2. The number of nitrogens with zero attached hydrogens (tertiary/aromatic N) is 2. The summed E-state index contributed by atoms with van der Waals surface area (Å²) in [5.74, 6) is -0.686. The van der Waals surface area contributed by atoms with Crippen LogP contribution >= 0.6 is 15.9 Å². The second-order valence-corrected chi connectivity index (χ2v) is 6.30. The molecule has 2 heterocycles. The van der Waals surface area contributed by atoms with Crippen LogP contribution in [0.2, 0.25) is 0 Å². The van der Waals surface area contributed by atoms with Crippen molar-refractivity contribution in [1.82, 2.24) is 15.2 Å². The number of carbonyl (C=O) groups excluding carboxylic acids is 2. The van der Waals surface area contributed by atoms with E-state index in [9.17, 15) is 27.2 Å². The first-order chi connectivity index (χ1) is 12.1. The van der Waals surface area contributed by atoms with Crippen LogP contribution in [0.3, 0.4) is 0 Å². The fourth-order valence-corrected chi connectivity index (χ4v) is 2.61. The molecule has 0 aromatic carbocycles. The molecule has 144 valence electrons. The second-order valence-electron chi connectivity index (χ2n) is 5.38. The van der Waals surface area contributed by atoms with Crippen molar-refractivity contribution in [3.05, 3.63) is 22.3 Å². The van der Waals surface area contributed by atoms with Gasteiger partial charge in [-0.05, 0) is 22.0 Å². The van der Waals surface area contributed by atoms with E-state index in [-0.39, 0.29) is 18.0 Å². The van der Waals surface area contributed by atoms with Crippen LogP contribution in [0.5, 0.6) is 5.88 Å². The molecular weight excluding hydrogens is 430 g/mol. The molecule has 0 radical (unpaired) electrons. The molecule has 1 aliphatic rings. The third-order valence-electron chi connectivity index (χ3n) is 3.44. The number of carbonyl (C=O) groups is 2. The maximum absolute atomic E-state index is 14.1. The van der Waals surface area contributed by atoms with Crippen LogP contribution in [0.1, 0.15) is 10.4 Å². The van der Waals surface area contributed by atoms with E-state index in [1.165, 1.54) is 19.4 Å². The highest BCUT2D eigenvalue weighted by atomic mass is 79.9. The summed E-state index contributed by atoms with van der Waals surface area (Å²) in [5, 5.41) is 2.38. The van der Waals surface area contributed by atoms with Gasteiger partial charge in [0, 0.05) is 17.2 Å². The van der Waals surface area contributed by atoms with Crippen molar-refractivity contribution in [1.29, 1.82) is 0 Å². The zero-order valence-electron chi connectivity index (χ0n) is 13.3. The van der Waals surface area contributed by atoms with Gasteiger partial charge in [-0.3, -0.25) is 4.79 Å². The minimum Gasteiger partial charge on any atom is -0.480 e. The van der Waals surface area contributed by atoms with Gasteiger partial charge in [-0.25, -0.2) is 14.2 Å². The number of methoxy groups -OCH3 is 1. The lowest BCUT2D eigenvalue weighted by Gasteiger charge is -2.17. The highest BCUT2D eigenvalue weighted by Gasteiger charge is 2.39. The summed E-state index contributed by atoms with van der Waals surface area (Å²) in [7, 11) is 1.30. The quantitative estimate of drug-likeness (QED) is 0.722. The van der Waals surface area contributed by atoms with Gasteiger partial charge in [0.15, 0.2) is 6.61 Å². The number of halogens is 5. The van der Waals surface area contributed by atoms with Crippen molar-refractivity contribution < 1.29 is 36.6 Å². The Morgan fingerprint density at radius 3 is 2.73 bits per heavy atom. The highest BCUT2D eigenvalue weighted by molar-refractivity contribution is 9.10. The van der Waals surface area contributed by atoms with Crippen LogP contribution in [0.15, 0.2) is 16.7 Å². The number of ether oxygens (including phenoxy) is 2. The first-order valence-corrected chi connectivity index (χ1v) is 8.03. The summed E-state index contributed by atoms with van der Waals surface area (Å²) < 4.78 is 59.8. The molecule has 0 bridgehead atoms. The molecule has 1 saturated heterocycles. The van der Waals surface area contributed by atoms with Crippen molar-refractivity contribution in [2.45, 2.75) is 18.4 Å². The van der Waals surface area contributed by atoms with E-state index in [2.05, 4.69) is 31.0 Å². The molecular formula is C14H14BrF4N3O4. The van der Waals surface area contributed by atoms with Crippen molar-refractivity contribution in [3.63, 3.8) is 0 Å². The number of likely N-dealkylation sites (tertiary alicyclic amines) is 1. The maximum atomic E-state index is 14.1. The van der Waals surface area contributed by atoms with Crippen LogP contribution in [0.4, 0.5) is 22.4 Å². The Hall–Kier alpha value is -2.11. The van der Waals surface area contributed by atoms with E-state index < -0.39 is 43.5 Å². The van der Waals surface area contributed by atoms with Crippen LogP contribution in [-0.2, 0) is 4.74 Å². The van der Waals surface area contributed by atoms with Gasteiger partial charge in [-0.2, -0.15) is 13.2 Å². The number of aromatic nitrogens is 1. The zero-order valence-corrected chi connectivity index (χ0v) is 14.9. The first kappa shape index (κ1) is 20.2. The summed E-state index contributed by atoms with van der Waals surface area (Å²) >= 11 is 3.15. The molecule has 12 heteroatoms. The van der Waals surface area contributed by atoms with Crippen molar-refractivity contribution in [3.8, 4) is 5.88 Å². The van der Waals surface area contributed by atoms with Gasteiger partial charge in [-0.15, -0.1) is 0 Å². The summed E-state index contributed by atoms with van der Waals surface area (Å²) in [4.78, 5) is 28.5. The minimum absolute atomic E-state index is 0.0144. The summed E-state index contributed by atoms with van der Waals surface area (Å²) in [6, 6.07) is 0.309. The van der Waals surface area contributed by atoms with E-state index >= 15 is 0 Å². The Balaban J connectivity index is 1.99. The van der Waals surface area contributed by atoms with Gasteiger partial charge in [0.25, 0.3) is 5.91 Å². The molecule has 1 fully saturated rings. The number of pyridine rings is 1. The maximum Gasteiger partial charge on any atom is 0.422 e. The molecule has 2 atom stereocenters. The standard InChI is InChI=1S/C14H14BrF4N3O4/c1-25-12-8(2-7(15)3-20-12)11(23)21-10-5-22(4-9(10)16)13(24)26-6-14(17,18)19/h2-3,9-10H,4-6H2,1H3,(H,21,23)/t9-,10+/m0/s1. The molecule has 1 aromatic rings. The summed E-state index contributed by atoms with van der Waals surface area (Å²) in [5.41, 5.74) is 0.0344. The molecule has 2 amide bonds. The lowest BCUT2D eigenvalue weighted by Crippen LogP contribution is -2.42. The Labute approximate surface area is 153 Å². The molecule has 2 rings (SSSR count). The molecule has 1 aromatic heterocycles. The zero-order chi connectivity index (χ0) is 19.5. The summed E-state index contributed by atoms with van der Waals surface area (Å²) in [6.07, 6.45) is -6.24. The van der Waals surface area contributed by atoms with Gasteiger partial charge in [0.2, 0.25) is 5.88 Å². The van der Waals surface area contributed by atoms with Crippen LogP contribution in [0, 0.1) is 0 Å². The van der Waals surface area contributed by atoms with Crippen LogP contribution in [0.25, 0.3) is 0 Å². The van der Waals surface area contributed by atoms with Gasteiger partial charge < -0.3 is 19.7 Å². The number of amides is 2. The van der Waals surface area contributed by atoms with E-state index in [0.29, 0.717) is 4.47 Å². The molecule has 0 spiro atoms.